The number of guanidine groups is 1. The van der Waals surface area contributed by atoms with Gasteiger partial charge in [0.25, 0.3) is 0 Å². The van der Waals surface area contributed by atoms with Crippen LogP contribution in [-0.4, -0.2) is 36.2 Å². The van der Waals surface area contributed by atoms with Gasteiger partial charge in [0.05, 0.1) is 13.7 Å². The summed E-state index contributed by atoms with van der Waals surface area (Å²) in [5.74, 6) is 3.30. The number of methoxy groups -OCH3 is 1. The molecule has 1 aromatic heterocycles. The molecule has 0 aliphatic rings. The van der Waals surface area contributed by atoms with Gasteiger partial charge in [0.15, 0.2) is 5.96 Å². The number of benzene rings is 1. The Kier molecular flexibility index (Phi) is 10.1. The van der Waals surface area contributed by atoms with Gasteiger partial charge in [-0.2, -0.15) is 0 Å². The van der Waals surface area contributed by atoms with Crippen molar-refractivity contribution in [1.29, 1.82) is 0 Å². The summed E-state index contributed by atoms with van der Waals surface area (Å²) in [4.78, 5) is 8.71. The molecule has 2 N–H and O–H groups in total. The largest absolute Gasteiger partial charge is 0.496 e. The standard InChI is InChI=1S/C19H29N5O.HI/c1-15(2)14-24-12-11-21-18(24)13-23-19(20-3)22-10-9-16-7-5-6-8-17(16)25-4;/h5-8,11-12,15H,9-10,13-14H2,1-4H3,(H2,20,22,23);1H. The van der Waals surface area contributed by atoms with Crippen molar-refractivity contribution in [3.05, 3.63) is 48.0 Å². The van der Waals surface area contributed by atoms with Gasteiger partial charge in [-0.3, -0.25) is 4.99 Å². The first-order valence-electron chi connectivity index (χ1n) is 8.70. The van der Waals surface area contributed by atoms with Crippen molar-refractivity contribution < 1.29 is 4.74 Å². The molecule has 0 aliphatic carbocycles. The fraction of sp³-hybridized carbons (Fsp3) is 0.474. The first kappa shape index (κ1) is 22.3. The van der Waals surface area contributed by atoms with E-state index < -0.39 is 0 Å². The number of hydrogen-bond acceptors (Lipinski definition) is 3. The van der Waals surface area contributed by atoms with Gasteiger partial charge >= 0.3 is 0 Å². The van der Waals surface area contributed by atoms with Gasteiger partial charge in [-0.05, 0) is 24.0 Å². The number of hydrogen-bond donors (Lipinski definition) is 2. The van der Waals surface area contributed by atoms with Crippen molar-refractivity contribution in [2.45, 2.75) is 33.4 Å². The molecule has 7 heteroatoms. The van der Waals surface area contributed by atoms with Crippen LogP contribution in [0.3, 0.4) is 0 Å². The summed E-state index contributed by atoms with van der Waals surface area (Å²) in [5, 5.41) is 6.66. The van der Waals surface area contributed by atoms with Gasteiger partial charge in [-0.25, -0.2) is 4.98 Å². The first-order valence-corrected chi connectivity index (χ1v) is 8.70. The molecule has 0 saturated heterocycles. The Morgan fingerprint density at radius 3 is 2.73 bits per heavy atom. The van der Waals surface area contributed by atoms with Gasteiger partial charge < -0.3 is 19.9 Å². The SMILES string of the molecule is CN=C(NCCc1ccccc1OC)NCc1nccn1CC(C)C.I. The van der Waals surface area contributed by atoms with Crippen LogP contribution in [0.1, 0.15) is 25.2 Å². The normalized spacial score (nSPS) is 11.2. The van der Waals surface area contributed by atoms with Crippen molar-refractivity contribution in [2.24, 2.45) is 10.9 Å². The molecule has 2 rings (SSSR count). The second-order valence-electron chi connectivity index (χ2n) is 6.30. The molecule has 0 fully saturated rings. The van der Waals surface area contributed by atoms with E-state index in [2.05, 4.69) is 45.1 Å². The lowest BCUT2D eigenvalue weighted by atomic mass is 10.1. The number of imidazole rings is 1. The molecule has 2 aromatic rings. The number of aromatic nitrogens is 2. The Hall–Kier alpha value is -1.77. The molecular weight excluding hydrogens is 441 g/mol. The minimum absolute atomic E-state index is 0. The summed E-state index contributed by atoms with van der Waals surface area (Å²) >= 11 is 0. The molecule has 0 amide bonds. The van der Waals surface area contributed by atoms with E-state index in [9.17, 15) is 0 Å². The van der Waals surface area contributed by atoms with E-state index in [1.165, 1.54) is 5.56 Å². The molecule has 0 radical (unpaired) electrons. The summed E-state index contributed by atoms with van der Waals surface area (Å²) < 4.78 is 7.57. The molecule has 144 valence electrons. The fourth-order valence-corrected chi connectivity index (χ4v) is 2.68. The van der Waals surface area contributed by atoms with Gasteiger partial charge in [-0.15, -0.1) is 24.0 Å². The summed E-state index contributed by atoms with van der Waals surface area (Å²) in [7, 11) is 3.48. The second kappa shape index (κ2) is 11.8. The summed E-state index contributed by atoms with van der Waals surface area (Å²) in [6.45, 7) is 6.80. The minimum Gasteiger partial charge on any atom is -0.496 e. The lowest BCUT2D eigenvalue weighted by Gasteiger charge is -2.14. The third kappa shape index (κ3) is 6.86. The Morgan fingerprint density at radius 1 is 1.27 bits per heavy atom. The van der Waals surface area contributed by atoms with Crippen LogP contribution in [-0.2, 0) is 19.5 Å². The summed E-state index contributed by atoms with van der Waals surface area (Å²) in [6.07, 6.45) is 4.73. The molecular formula is C19H30IN5O. The lowest BCUT2D eigenvalue weighted by Crippen LogP contribution is -2.38. The highest BCUT2D eigenvalue weighted by atomic mass is 127. The zero-order chi connectivity index (χ0) is 18.1. The zero-order valence-electron chi connectivity index (χ0n) is 16.0. The van der Waals surface area contributed by atoms with E-state index in [0.29, 0.717) is 12.5 Å². The van der Waals surface area contributed by atoms with Gasteiger partial charge in [-0.1, -0.05) is 32.0 Å². The minimum atomic E-state index is 0. The number of nitrogens with zero attached hydrogens (tertiary/aromatic N) is 3. The Balaban J connectivity index is 0.00000338. The van der Waals surface area contributed by atoms with Crippen LogP contribution >= 0.6 is 24.0 Å². The molecule has 0 unspecified atom stereocenters. The van der Waals surface area contributed by atoms with Crippen molar-refractivity contribution >= 4 is 29.9 Å². The highest BCUT2D eigenvalue weighted by Gasteiger charge is 2.06. The van der Waals surface area contributed by atoms with Crippen LogP contribution in [0.5, 0.6) is 5.75 Å². The number of aliphatic imine (C=N–C) groups is 1. The van der Waals surface area contributed by atoms with Crippen LogP contribution in [0.15, 0.2) is 41.7 Å². The number of halogens is 1. The Labute approximate surface area is 173 Å². The van der Waals surface area contributed by atoms with Gasteiger partial charge in [0.2, 0.25) is 0 Å². The van der Waals surface area contributed by atoms with Crippen LogP contribution < -0.4 is 15.4 Å². The zero-order valence-corrected chi connectivity index (χ0v) is 18.4. The van der Waals surface area contributed by atoms with E-state index >= 15 is 0 Å². The van der Waals surface area contributed by atoms with E-state index in [-0.39, 0.29) is 24.0 Å². The Morgan fingerprint density at radius 2 is 2.04 bits per heavy atom. The predicted octanol–water partition coefficient (Wildman–Crippen LogP) is 3.07. The highest BCUT2D eigenvalue weighted by Crippen LogP contribution is 2.17. The lowest BCUT2D eigenvalue weighted by molar-refractivity contribution is 0.409. The second-order valence-corrected chi connectivity index (χ2v) is 6.30. The first-order chi connectivity index (χ1) is 12.1. The van der Waals surface area contributed by atoms with E-state index in [4.69, 9.17) is 4.74 Å². The van der Waals surface area contributed by atoms with Crippen molar-refractivity contribution in [3.63, 3.8) is 0 Å². The van der Waals surface area contributed by atoms with E-state index in [1.807, 2.05) is 30.6 Å². The van der Waals surface area contributed by atoms with E-state index in [0.717, 1.165) is 37.0 Å². The highest BCUT2D eigenvalue weighted by molar-refractivity contribution is 14.0. The molecule has 0 bridgehead atoms. The molecule has 0 saturated carbocycles. The summed E-state index contributed by atoms with van der Waals surface area (Å²) in [5.41, 5.74) is 1.18. The monoisotopic (exact) mass is 471 g/mol. The number of ether oxygens (including phenoxy) is 1. The Bertz CT molecular complexity index is 684. The number of rotatable bonds is 8. The molecule has 0 spiro atoms. The van der Waals surface area contributed by atoms with Crippen LogP contribution in [0.2, 0.25) is 0 Å². The van der Waals surface area contributed by atoms with Crippen LogP contribution in [0.4, 0.5) is 0 Å². The third-order valence-electron chi connectivity index (χ3n) is 3.88. The van der Waals surface area contributed by atoms with Crippen molar-refractivity contribution in [3.8, 4) is 5.75 Å². The average Bonchev–Trinajstić information content (AvgIpc) is 3.04. The molecule has 1 aromatic carbocycles. The van der Waals surface area contributed by atoms with Crippen molar-refractivity contribution in [1.82, 2.24) is 20.2 Å². The smallest absolute Gasteiger partial charge is 0.191 e. The molecule has 1 heterocycles. The maximum Gasteiger partial charge on any atom is 0.191 e. The fourth-order valence-electron chi connectivity index (χ4n) is 2.68. The topological polar surface area (TPSA) is 63.5 Å². The van der Waals surface area contributed by atoms with Gasteiger partial charge in [0.1, 0.15) is 11.6 Å². The molecule has 0 atom stereocenters. The number of nitrogens with one attached hydrogen (secondary N) is 2. The number of para-hydroxylation sites is 1. The van der Waals surface area contributed by atoms with E-state index in [1.54, 1.807) is 14.2 Å². The third-order valence-corrected chi connectivity index (χ3v) is 3.88. The maximum absolute atomic E-state index is 5.39. The van der Waals surface area contributed by atoms with Crippen LogP contribution in [0, 0.1) is 5.92 Å². The maximum atomic E-state index is 5.39. The van der Waals surface area contributed by atoms with Gasteiger partial charge in [0, 0.05) is 32.5 Å². The summed E-state index contributed by atoms with van der Waals surface area (Å²) in [6, 6.07) is 8.07. The quantitative estimate of drug-likeness (QED) is 0.353. The van der Waals surface area contributed by atoms with Crippen LogP contribution in [0.25, 0.3) is 0 Å². The molecule has 26 heavy (non-hydrogen) atoms. The molecule has 0 aliphatic heterocycles. The predicted molar refractivity (Wildman–Crippen MR) is 117 cm³/mol. The average molecular weight is 471 g/mol. The molecule has 6 nitrogen and oxygen atoms in total. The van der Waals surface area contributed by atoms with Crippen molar-refractivity contribution in [2.75, 3.05) is 20.7 Å².